The van der Waals surface area contributed by atoms with E-state index in [4.69, 9.17) is 53.8 Å². The molecule has 4 rings (SSSR count). The van der Waals surface area contributed by atoms with E-state index in [1.165, 1.54) is 25.3 Å². The van der Waals surface area contributed by atoms with E-state index in [-0.39, 0.29) is 56.0 Å². The molecule has 0 radical (unpaired) electrons. The van der Waals surface area contributed by atoms with Gasteiger partial charge in [0.25, 0.3) is 5.89 Å². The minimum Gasteiger partial charge on any atom is -0.489 e. The van der Waals surface area contributed by atoms with Crippen LogP contribution in [0.5, 0.6) is 5.75 Å². The first-order valence-corrected chi connectivity index (χ1v) is 12.3. The third-order valence-electron chi connectivity index (χ3n) is 4.53. The van der Waals surface area contributed by atoms with Crippen molar-refractivity contribution in [3.63, 3.8) is 0 Å². The van der Waals surface area contributed by atoms with Crippen LogP contribution in [0.3, 0.4) is 0 Å². The van der Waals surface area contributed by atoms with Crippen LogP contribution in [0.4, 0.5) is 13.2 Å². The number of halogens is 6. The molecule has 4 aromatic rings. The van der Waals surface area contributed by atoms with Gasteiger partial charge in [-0.3, -0.25) is 4.52 Å². The van der Waals surface area contributed by atoms with E-state index in [1.807, 2.05) is 0 Å². The van der Waals surface area contributed by atoms with Crippen LogP contribution in [-0.4, -0.2) is 42.0 Å². The quantitative estimate of drug-likeness (QED) is 0.253. The van der Waals surface area contributed by atoms with Gasteiger partial charge in [-0.15, -0.1) is 0 Å². The highest BCUT2D eigenvalue weighted by atomic mass is 35.5. The smallest absolute Gasteiger partial charge is 0.469 e. The zero-order valence-corrected chi connectivity index (χ0v) is 20.9. The van der Waals surface area contributed by atoms with Crippen LogP contribution in [0.25, 0.3) is 28.6 Å². The van der Waals surface area contributed by atoms with E-state index < -0.39 is 25.7 Å². The van der Waals surface area contributed by atoms with Gasteiger partial charge in [0.2, 0.25) is 5.82 Å². The summed E-state index contributed by atoms with van der Waals surface area (Å²) in [6.45, 7) is 1.15. The Hall–Kier alpha value is -2.38. The molecule has 0 aliphatic carbocycles. The molecule has 1 aromatic carbocycles. The van der Waals surface area contributed by atoms with Gasteiger partial charge in [-0.05, 0) is 19.1 Å². The predicted octanol–water partition coefficient (Wildman–Crippen LogP) is 5.91. The highest BCUT2D eigenvalue weighted by Crippen LogP contribution is 2.39. The first-order valence-electron chi connectivity index (χ1n) is 9.67. The number of rotatable bonds is 7. The number of ether oxygens (including phenoxy) is 1. The van der Waals surface area contributed by atoms with Crippen LogP contribution in [0, 0.1) is 0 Å². The Labute approximate surface area is 214 Å². The van der Waals surface area contributed by atoms with Gasteiger partial charge in [-0.2, -0.15) is 18.2 Å². The van der Waals surface area contributed by atoms with E-state index in [1.54, 1.807) is 0 Å². The van der Waals surface area contributed by atoms with Crippen molar-refractivity contribution in [2.45, 2.75) is 19.2 Å². The molecule has 0 saturated carbocycles. The van der Waals surface area contributed by atoms with Gasteiger partial charge in [-0.1, -0.05) is 40.0 Å². The molecule has 3 heterocycles. The number of fused-ring (bicyclic) bond motifs is 1. The lowest BCUT2D eigenvalue weighted by Crippen LogP contribution is -2.17. The molecule has 2 N–H and O–H groups in total. The minimum atomic E-state index is -4.69. The fraction of sp³-hybridized carbons (Fsp3) is 0.211. The van der Waals surface area contributed by atoms with Gasteiger partial charge in [0.1, 0.15) is 24.2 Å². The molecule has 0 unspecified atom stereocenters. The summed E-state index contributed by atoms with van der Waals surface area (Å²) in [6, 6.07) is 3.47. The second-order valence-electron chi connectivity index (χ2n) is 7.33. The van der Waals surface area contributed by atoms with Crippen molar-refractivity contribution in [3.05, 3.63) is 51.2 Å². The molecular formula is C19H13Cl3F3N4O6P. The highest BCUT2D eigenvalue weighted by Gasteiger charge is 2.32. The van der Waals surface area contributed by atoms with Gasteiger partial charge in [0, 0.05) is 24.0 Å². The number of nitrogens with zero attached hydrogens (tertiary/aromatic N) is 4. The number of aromatic nitrogens is 4. The molecule has 192 valence electrons. The molecule has 36 heavy (non-hydrogen) atoms. The summed E-state index contributed by atoms with van der Waals surface area (Å²) in [5.74, 6) is -0.0132. The maximum Gasteiger partial charge on any atom is 0.469 e. The molecule has 0 saturated heterocycles. The molecule has 0 aliphatic heterocycles. The lowest BCUT2D eigenvalue weighted by molar-refractivity contribution is -0.137. The first-order chi connectivity index (χ1) is 16.7. The van der Waals surface area contributed by atoms with Crippen molar-refractivity contribution in [1.29, 1.82) is 0 Å². The Morgan fingerprint density at radius 1 is 1.11 bits per heavy atom. The van der Waals surface area contributed by atoms with Crippen molar-refractivity contribution < 1.29 is 41.3 Å². The highest BCUT2D eigenvalue weighted by molar-refractivity contribution is 7.46. The molecule has 0 bridgehead atoms. The standard InChI is InChI=1S/C19H13Cl3F3N4O6P/c1-8(35-36(30,31)32)7-33-15-4-11(20)10(3-12(15)21)16-27-18(34-28-16)14-6-29-5-9(19(23,24)25)2-13(22)17(29)26-14/h2-6,8H,7H2,1H3,(H2,30,31,32)/t8-/m1/s1. The van der Waals surface area contributed by atoms with Crippen LogP contribution in [0.15, 0.2) is 35.1 Å². The predicted molar refractivity (Wildman–Crippen MR) is 122 cm³/mol. The maximum absolute atomic E-state index is 13.1. The molecule has 0 fully saturated rings. The summed E-state index contributed by atoms with van der Waals surface area (Å²) in [6.07, 6.45) is -3.47. The maximum atomic E-state index is 13.1. The van der Waals surface area contributed by atoms with Crippen LogP contribution in [-0.2, 0) is 15.3 Å². The Bertz CT molecular complexity index is 1490. The number of benzene rings is 1. The Balaban J connectivity index is 1.58. The van der Waals surface area contributed by atoms with E-state index in [0.717, 1.165) is 16.7 Å². The third-order valence-corrected chi connectivity index (χ3v) is 6.05. The summed E-state index contributed by atoms with van der Waals surface area (Å²) >= 11 is 18.5. The van der Waals surface area contributed by atoms with E-state index >= 15 is 0 Å². The van der Waals surface area contributed by atoms with Gasteiger partial charge in [0.05, 0.1) is 20.6 Å². The SMILES string of the molecule is C[C@H](COc1cc(Cl)c(-c2noc(-c3cn4cc(C(F)(F)F)cc(Cl)c4n3)n2)cc1Cl)OP(=O)(O)O. The van der Waals surface area contributed by atoms with Gasteiger partial charge >= 0.3 is 14.0 Å². The van der Waals surface area contributed by atoms with Gasteiger partial charge < -0.3 is 23.4 Å². The van der Waals surface area contributed by atoms with Crippen LogP contribution in [0.2, 0.25) is 15.1 Å². The Morgan fingerprint density at radius 2 is 1.83 bits per heavy atom. The molecular weight excluding hydrogens is 575 g/mol. The molecule has 0 amide bonds. The van der Waals surface area contributed by atoms with Crippen molar-refractivity contribution in [1.82, 2.24) is 19.5 Å². The summed E-state index contributed by atoms with van der Waals surface area (Å²) in [5.41, 5.74) is -0.596. The summed E-state index contributed by atoms with van der Waals surface area (Å²) < 4.78 is 66.3. The zero-order chi connectivity index (χ0) is 26.4. The van der Waals surface area contributed by atoms with Crippen molar-refractivity contribution in [2.75, 3.05) is 6.61 Å². The van der Waals surface area contributed by atoms with E-state index in [2.05, 4.69) is 19.6 Å². The third kappa shape index (κ3) is 5.94. The number of phosphoric acid groups is 1. The van der Waals surface area contributed by atoms with Crippen LogP contribution in [0.1, 0.15) is 12.5 Å². The van der Waals surface area contributed by atoms with Crippen LogP contribution < -0.4 is 4.74 Å². The number of phosphoric ester groups is 1. The van der Waals surface area contributed by atoms with Crippen LogP contribution >= 0.6 is 42.6 Å². The fourth-order valence-electron chi connectivity index (χ4n) is 3.03. The van der Waals surface area contributed by atoms with Crippen molar-refractivity contribution >= 4 is 48.3 Å². The van der Waals surface area contributed by atoms with Crippen molar-refractivity contribution in [3.8, 4) is 28.7 Å². The second-order valence-corrected chi connectivity index (χ2v) is 9.75. The van der Waals surface area contributed by atoms with E-state index in [9.17, 15) is 17.7 Å². The number of imidazole rings is 1. The average Bonchev–Trinajstić information content (AvgIpc) is 3.39. The summed E-state index contributed by atoms with van der Waals surface area (Å²) in [5, 5.41) is 3.77. The summed E-state index contributed by atoms with van der Waals surface area (Å²) in [7, 11) is -4.69. The largest absolute Gasteiger partial charge is 0.489 e. The first kappa shape index (κ1) is 26.7. The molecule has 17 heteroatoms. The average molecular weight is 588 g/mol. The van der Waals surface area contributed by atoms with E-state index in [0.29, 0.717) is 0 Å². The number of hydrogen-bond acceptors (Lipinski definition) is 7. The van der Waals surface area contributed by atoms with Crippen molar-refractivity contribution in [2.24, 2.45) is 0 Å². The lowest BCUT2D eigenvalue weighted by atomic mass is 10.2. The van der Waals surface area contributed by atoms with Gasteiger partial charge in [-0.25, -0.2) is 9.55 Å². The number of alkyl halides is 3. The fourth-order valence-corrected chi connectivity index (χ4v) is 4.28. The number of hydrogen-bond donors (Lipinski definition) is 2. The molecule has 1 atom stereocenters. The monoisotopic (exact) mass is 586 g/mol. The lowest BCUT2D eigenvalue weighted by Gasteiger charge is -2.15. The minimum absolute atomic E-state index is 0.000726. The second kappa shape index (κ2) is 9.82. The zero-order valence-electron chi connectivity index (χ0n) is 17.7. The topological polar surface area (TPSA) is 132 Å². The number of pyridine rings is 1. The Morgan fingerprint density at radius 3 is 2.50 bits per heavy atom. The molecule has 0 aliphatic rings. The Kier molecular flexibility index (Phi) is 7.28. The normalized spacial score (nSPS) is 13.4. The molecule has 3 aromatic heterocycles. The molecule has 10 nitrogen and oxygen atoms in total. The van der Waals surface area contributed by atoms with Gasteiger partial charge in [0.15, 0.2) is 5.65 Å². The molecule has 0 spiro atoms. The summed E-state index contributed by atoms with van der Waals surface area (Å²) in [4.78, 5) is 26.0.